The third-order valence-corrected chi connectivity index (χ3v) is 1.74. The molecular weight excluding hydrogens is 168 g/mol. The maximum absolute atomic E-state index is 10.7. The number of hydrogen-bond acceptors (Lipinski definition) is 4. The molecule has 0 heterocycles. The summed E-state index contributed by atoms with van der Waals surface area (Å²) in [6, 6.07) is 0. The maximum Gasteiger partial charge on any atom is 0.173 e. The van der Waals surface area contributed by atoms with Gasteiger partial charge in [0.25, 0.3) is 0 Å². The molecule has 0 aromatic carbocycles. The number of sulfone groups is 1. The first-order valence-electron chi connectivity index (χ1n) is 3.23. The second-order valence-electron chi connectivity index (χ2n) is 2.25. The first-order chi connectivity index (χ1) is 4.95. The van der Waals surface area contributed by atoms with E-state index in [-0.39, 0.29) is 6.61 Å². The van der Waals surface area contributed by atoms with Gasteiger partial charge in [-0.05, 0) is 6.92 Å². The number of ether oxygens (including phenoxy) is 1. The highest BCUT2D eigenvalue weighted by molar-refractivity contribution is 7.91. The van der Waals surface area contributed by atoms with Gasteiger partial charge in [-0.2, -0.15) is 0 Å². The quantitative estimate of drug-likeness (QED) is 0.579. The monoisotopic (exact) mass is 180 g/mol. The van der Waals surface area contributed by atoms with Gasteiger partial charge in [-0.1, -0.05) is 0 Å². The normalized spacial score (nSPS) is 11.5. The van der Waals surface area contributed by atoms with Gasteiger partial charge in [0.05, 0.1) is 0 Å². The highest BCUT2D eigenvalue weighted by Crippen LogP contribution is 1.85. The van der Waals surface area contributed by atoms with Crippen LogP contribution in [0, 0.1) is 0 Å². The standard InChI is InChI=1S/C6H12O4S/c1-3-10-4-6(7)5-11(2,8)9/h3-5H2,1-2H3. The Hall–Kier alpha value is -0.420. The number of carbonyl (C=O) groups is 1. The first kappa shape index (κ1) is 10.6. The Bertz CT molecular complexity index is 217. The molecule has 0 aliphatic heterocycles. The molecule has 0 saturated heterocycles. The van der Waals surface area contributed by atoms with E-state index in [2.05, 4.69) is 0 Å². The smallest absolute Gasteiger partial charge is 0.173 e. The number of carbonyl (C=O) groups excluding carboxylic acids is 1. The van der Waals surface area contributed by atoms with Crippen LogP contribution in [0.15, 0.2) is 0 Å². The summed E-state index contributed by atoms with van der Waals surface area (Å²) < 4.78 is 25.8. The van der Waals surface area contributed by atoms with Crippen molar-refractivity contribution in [3.8, 4) is 0 Å². The Labute approximate surface area is 66.5 Å². The van der Waals surface area contributed by atoms with Crippen molar-refractivity contribution in [1.29, 1.82) is 0 Å². The van der Waals surface area contributed by atoms with Gasteiger partial charge in [0.15, 0.2) is 15.6 Å². The van der Waals surface area contributed by atoms with Crippen LogP contribution in [0.1, 0.15) is 6.92 Å². The van der Waals surface area contributed by atoms with Crippen LogP contribution in [-0.4, -0.2) is 39.4 Å². The fourth-order valence-corrected chi connectivity index (χ4v) is 1.22. The third-order valence-electron chi connectivity index (χ3n) is 0.890. The zero-order valence-corrected chi connectivity index (χ0v) is 7.48. The molecule has 0 aromatic heterocycles. The molecule has 0 bridgehead atoms. The molecule has 4 nitrogen and oxygen atoms in total. The fourth-order valence-electron chi connectivity index (χ4n) is 0.550. The Kier molecular flexibility index (Phi) is 4.29. The molecule has 0 N–H and O–H groups in total. The predicted molar refractivity (Wildman–Crippen MR) is 41.2 cm³/mol. The summed E-state index contributed by atoms with van der Waals surface area (Å²) in [6.07, 6.45) is 1.02. The SMILES string of the molecule is CCOCC(=O)CS(C)(=O)=O. The Morgan fingerprint density at radius 3 is 2.36 bits per heavy atom. The summed E-state index contributed by atoms with van der Waals surface area (Å²) in [5, 5.41) is 0. The van der Waals surface area contributed by atoms with Gasteiger partial charge < -0.3 is 4.74 Å². The fraction of sp³-hybridized carbons (Fsp3) is 0.833. The molecule has 0 radical (unpaired) electrons. The summed E-state index contributed by atoms with van der Waals surface area (Å²) >= 11 is 0. The zero-order valence-electron chi connectivity index (χ0n) is 6.66. The lowest BCUT2D eigenvalue weighted by Crippen LogP contribution is -2.19. The van der Waals surface area contributed by atoms with Gasteiger partial charge >= 0.3 is 0 Å². The van der Waals surface area contributed by atoms with Crippen molar-refractivity contribution in [2.45, 2.75) is 6.92 Å². The van der Waals surface area contributed by atoms with Crippen LogP contribution < -0.4 is 0 Å². The Morgan fingerprint density at radius 1 is 1.45 bits per heavy atom. The molecule has 0 unspecified atom stereocenters. The molecule has 0 aliphatic carbocycles. The van der Waals surface area contributed by atoms with Crippen molar-refractivity contribution < 1.29 is 17.9 Å². The lowest BCUT2D eigenvalue weighted by Gasteiger charge is -1.98. The van der Waals surface area contributed by atoms with Gasteiger partial charge in [0.2, 0.25) is 0 Å². The molecule has 0 rings (SSSR count). The van der Waals surface area contributed by atoms with Crippen molar-refractivity contribution in [2.24, 2.45) is 0 Å². The minimum absolute atomic E-state index is 0.108. The van der Waals surface area contributed by atoms with Crippen LogP contribution in [0.2, 0.25) is 0 Å². The molecule has 0 aliphatic rings. The van der Waals surface area contributed by atoms with E-state index in [0.717, 1.165) is 6.26 Å². The van der Waals surface area contributed by atoms with Crippen molar-refractivity contribution in [1.82, 2.24) is 0 Å². The number of Topliss-reactive ketones (excluding diaryl/α,β-unsaturated/α-hetero) is 1. The van der Waals surface area contributed by atoms with E-state index in [1.807, 2.05) is 0 Å². The summed E-state index contributed by atoms with van der Waals surface area (Å²) in [4.78, 5) is 10.7. The lowest BCUT2D eigenvalue weighted by atomic mass is 10.5. The number of hydrogen-bond donors (Lipinski definition) is 0. The molecule has 0 aromatic rings. The molecule has 5 heteroatoms. The van der Waals surface area contributed by atoms with Crippen LogP contribution in [0.5, 0.6) is 0 Å². The molecule has 0 saturated carbocycles. The van der Waals surface area contributed by atoms with Crippen LogP contribution >= 0.6 is 0 Å². The lowest BCUT2D eigenvalue weighted by molar-refractivity contribution is -0.120. The van der Waals surface area contributed by atoms with E-state index < -0.39 is 21.4 Å². The summed E-state index contributed by atoms with van der Waals surface area (Å²) in [6.45, 7) is 2.06. The van der Waals surface area contributed by atoms with Gasteiger partial charge in [-0.15, -0.1) is 0 Å². The Balaban J connectivity index is 3.71. The van der Waals surface area contributed by atoms with E-state index in [9.17, 15) is 13.2 Å². The summed E-state index contributed by atoms with van der Waals surface area (Å²) in [5.74, 6) is -0.818. The van der Waals surface area contributed by atoms with Crippen LogP contribution in [0.3, 0.4) is 0 Å². The first-order valence-corrected chi connectivity index (χ1v) is 5.29. The minimum Gasteiger partial charge on any atom is -0.374 e. The minimum atomic E-state index is -3.18. The maximum atomic E-state index is 10.7. The van der Waals surface area contributed by atoms with Gasteiger partial charge in [-0.25, -0.2) is 8.42 Å². The van der Waals surface area contributed by atoms with Crippen molar-refractivity contribution in [2.75, 3.05) is 25.2 Å². The average molecular weight is 180 g/mol. The van der Waals surface area contributed by atoms with Crippen molar-refractivity contribution in [3.63, 3.8) is 0 Å². The third kappa shape index (κ3) is 7.48. The highest BCUT2D eigenvalue weighted by Gasteiger charge is 2.09. The highest BCUT2D eigenvalue weighted by atomic mass is 32.2. The summed E-state index contributed by atoms with van der Waals surface area (Å²) in [5.41, 5.74) is 0. The van der Waals surface area contributed by atoms with Gasteiger partial charge in [0, 0.05) is 12.9 Å². The van der Waals surface area contributed by atoms with E-state index in [1.165, 1.54) is 0 Å². The molecule has 0 atom stereocenters. The van der Waals surface area contributed by atoms with E-state index in [0.29, 0.717) is 6.61 Å². The molecule has 0 spiro atoms. The average Bonchev–Trinajstić information content (AvgIpc) is 1.79. The van der Waals surface area contributed by atoms with Crippen molar-refractivity contribution >= 4 is 15.6 Å². The predicted octanol–water partition coefficient (Wildman–Crippen LogP) is -0.363. The number of ketones is 1. The van der Waals surface area contributed by atoms with E-state index in [4.69, 9.17) is 4.74 Å². The second-order valence-corrected chi connectivity index (χ2v) is 4.39. The van der Waals surface area contributed by atoms with E-state index in [1.54, 1.807) is 6.92 Å². The molecule has 0 fully saturated rings. The van der Waals surface area contributed by atoms with E-state index >= 15 is 0 Å². The van der Waals surface area contributed by atoms with Crippen LogP contribution in [0.4, 0.5) is 0 Å². The van der Waals surface area contributed by atoms with Gasteiger partial charge in [-0.3, -0.25) is 4.79 Å². The van der Waals surface area contributed by atoms with Crippen molar-refractivity contribution in [3.05, 3.63) is 0 Å². The second kappa shape index (κ2) is 4.46. The Morgan fingerprint density at radius 2 is 2.00 bits per heavy atom. The molecule has 11 heavy (non-hydrogen) atoms. The molecule has 0 amide bonds. The topological polar surface area (TPSA) is 60.4 Å². The summed E-state index contributed by atoms with van der Waals surface area (Å²) in [7, 11) is -3.18. The van der Waals surface area contributed by atoms with Crippen LogP contribution in [0.25, 0.3) is 0 Å². The number of rotatable bonds is 5. The molecular formula is C6H12O4S. The van der Waals surface area contributed by atoms with Crippen LogP contribution in [-0.2, 0) is 19.4 Å². The zero-order chi connectivity index (χ0) is 8.91. The molecule has 66 valence electrons. The van der Waals surface area contributed by atoms with Gasteiger partial charge in [0.1, 0.15) is 12.4 Å². The largest absolute Gasteiger partial charge is 0.374 e.